The molecule has 0 fully saturated rings. The first-order valence-corrected chi connectivity index (χ1v) is 8.52. The number of amides is 2. The number of nitrogens with zero attached hydrogens (tertiary/aromatic N) is 1. The van der Waals surface area contributed by atoms with E-state index >= 15 is 0 Å². The van der Waals surface area contributed by atoms with Crippen molar-refractivity contribution in [3.05, 3.63) is 65.2 Å². The van der Waals surface area contributed by atoms with Crippen LogP contribution in [0.4, 0.5) is 0 Å². The summed E-state index contributed by atoms with van der Waals surface area (Å²) in [6.07, 6.45) is 3.06. The summed E-state index contributed by atoms with van der Waals surface area (Å²) >= 11 is 0. The van der Waals surface area contributed by atoms with E-state index in [0.717, 1.165) is 11.1 Å². The molecule has 28 heavy (non-hydrogen) atoms. The van der Waals surface area contributed by atoms with Crippen LogP contribution in [0.3, 0.4) is 0 Å². The second-order valence-electron chi connectivity index (χ2n) is 5.69. The van der Waals surface area contributed by atoms with Crippen molar-refractivity contribution >= 4 is 17.9 Å². The lowest BCUT2D eigenvalue weighted by Gasteiger charge is -2.09. The molecule has 0 radical (unpaired) electrons. The average molecular weight is 379 g/mol. The summed E-state index contributed by atoms with van der Waals surface area (Å²) in [4.78, 5) is 23.7. The van der Waals surface area contributed by atoms with E-state index in [1.54, 1.807) is 49.5 Å². The van der Waals surface area contributed by atoms with Gasteiger partial charge in [0.15, 0.2) is 18.1 Å². The van der Waals surface area contributed by atoms with Crippen molar-refractivity contribution in [2.75, 3.05) is 20.8 Å². The minimum atomic E-state index is -0.269. The van der Waals surface area contributed by atoms with Crippen LogP contribution in [0.2, 0.25) is 0 Å². The first kappa shape index (κ1) is 20.5. The fourth-order valence-corrected chi connectivity index (χ4v) is 2.40. The number of nitriles is 1. The minimum Gasteiger partial charge on any atom is -0.493 e. The number of hydrogen-bond donors (Lipinski definition) is 2. The Labute approximate surface area is 163 Å². The van der Waals surface area contributed by atoms with Gasteiger partial charge in [0.2, 0.25) is 5.91 Å². The Morgan fingerprint density at radius 2 is 2.00 bits per heavy atom. The summed E-state index contributed by atoms with van der Waals surface area (Å²) in [5, 5.41) is 13.9. The Balaban J connectivity index is 1.97. The van der Waals surface area contributed by atoms with Crippen LogP contribution in [-0.2, 0) is 11.3 Å². The van der Waals surface area contributed by atoms with Gasteiger partial charge in [-0.3, -0.25) is 9.59 Å². The van der Waals surface area contributed by atoms with Gasteiger partial charge in [-0.15, -0.1) is 0 Å². The summed E-state index contributed by atoms with van der Waals surface area (Å²) in [7, 11) is 3.07. The zero-order chi connectivity index (χ0) is 20.4. The Morgan fingerprint density at radius 3 is 2.71 bits per heavy atom. The Hall–Kier alpha value is -3.79. The van der Waals surface area contributed by atoms with Crippen LogP contribution in [0, 0.1) is 11.3 Å². The summed E-state index contributed by atoms with van der Waals surface area (Å²) in [5.41, 5.74) is 2.11. The van der Waals surface area contributed by atoms with Crippen LogP contribution < -0.4 is 20.1 Å². The van der Waals surface area contributed by atoms with Crippen molar-refractivity contribution in [1.82, 2.24) is 10.6 Å². The van der Waals surface area contributed by atoms with Gasteiger partial charge in [-0.1, -0.05) is 18.2 Å². The first-order valence-electron chi connectivity index (χ1n) is 8.52. The van der Waals surface area contributed by atoms with Crippen molar-refractivity contribution in [3.63, 3.8) is 0 Å². The zero-order valence-electron chi connectivity index (χ0n) is 15.7. The lowest BCUT2D eigenvalue weighted by molar-refractivity contribution is -0.116. The highest BCUT2D eigenvalue weighted by atomic mass is 16.5. The molecule has 0 unspecified atom stereocenters. The Morgan fingerprint density at radius 1 is 1.18 bits per heavy atom. The van der Waals surface area contributed by atoms with Crippen LogP contribution in [0.1, 0.15) is 21.5 Å². The molecule has 2 aromatic rings. The molecule has 2 rings (SSSR count). The molecule has 2 N–H and O–H groups in total. The SMILES string of the molecule is CNC(=O)c1cccc(CNC(=O)/C=C/c2ccc(OCC#N)c(OC)c2)c1. The maximum Gasteiger partial charge on any atom is 0.251 e. The smallest absolute Gasteiger partial charge is 0.251 e. The molecule has 0 aliphatic carbocycles. The van der Waals surface area contributed by atoms with E-state index < -0.39 is 0 Å². The average Bonchev–Trinajstić information content (AvgIpc) is 2.74. The summed E-state index contributed by atoms with van der Waals surface area (Å²) in [6.45, 7) is 0.229. The Bertz CT molecular complexity index is 916. The fourth-order valence-electron chi connectivity index (χ4n) is 2.40. The largest absolute Gasteiger partial charge is 0.493 e. The predicted octanol–water partition coefficient (Wildman–Crippen LogP) is 2.29. The lowest BCUT2D eigenvalue weighted by atomic mass is 10.1. The highest BCUT2D eigenvalue weighted by Gasteiger charge is 2.06. The van der Waals surface area contributed by atoms with E-state index in [9.17, 15) is 9.59 Å². The third-order valence-corrected chi connectivity index (χ3v) is 3.79. The normalized spacial score (nSPS) is 10.2. The molecule has 0 saturated carbocycles. The highest BCUT2D eigenvalue weighted by molar-refractivity contribution is 5.94. The predicted molar refractivity (Wildman–Crippen MR) is 105 cm³/mol. The molecule has 0 saturated heterocycles. The van der Waals surface area contributed by atoms with E-state index in [-0.39, 0.29) is 18.4 Å². The number of nitrogens with one attached hydrogen (secondary N) is 2. The van der Waals surface area contributed by atoms with Crippen molar-refractivity contribution in [2.45, 2.75) is 6.54 Å². The summed E-state index contributed by atoms with van der Waals surface area (Å²) in [6, 6.07) is 14.1. The van der Waals surface area contributed by atoms with Crippen molar-refractivity contribution in [2.24, 2.45) is 0 Å². The van der Waals surface area contributed by atoms with Gasteiger partial charge in [-0.25, -0.2) is 0 Å². The quantitative estimate of drug-likeness (QED) is 0.686. The lowest BCUT2D eigenvalue weighted by Crippen LogP contribution is -2.21. The number of carbonyl (C=O) groups excluding carboxylic acids is 2. The van der Waals surface area contributed by atoms with E-state index in [0.29, 0.717) is 23.6 Å². The van der Waals surface area contributed by atoms with Gasteiger partial charge < -0.3 is 20.1 Å². The molecule has 0 heterocycles. The Kier molecular flexibility index (Phi) is 7.61. The number of methoxy groups -OCH3 is 1. The molecule has 0 atom stereocenters. The van der Waals surface area contributed by atoms with Crippen LogP contribution in [0.15, 0.2) is 48.5 Å². The van der Waals surface area contributed by atoms with Crippen LogP contribution in [0.25, 0.3) is 6.08 Å². The van der Waals surface area contributed by atoms with Gasteiger partial charge in [0, 0.05) is 25.2 Å². The topological polar surface area (TPSA) is 100 Å². The summed E-state index contributed by atoms with van der Waals surface area (Å²) < 4.78 is 10.5. The monoisotopic (exact) mass is 379 g/mol. The standard InChI is InChI=1S/C21H21N3O4/c1-23-21(26)17-5-3-4-16(12-17)14-24-20(25)9-7-15-6-8-18(28-11-10-22)19(13-15)27-2/h3-9,12-13H,11,14H2,1-2H3,(H,23,26)(H,24,25)/b9-7+. The second-order valence-corrected chi connectivity index (χ2v) is 5.69. The van der Waals surface area contributed by atoms with Crippen molar-refractivity contribution < 1.29 is 19.1 Å². The van der Waals surface area contributed by atoms with Gasteiger partial charge in [-0.2, -0.15) is 5.26 Å². The van der Waals surface area contributed by atoms with Gasteiger partial charge in [0.1, 0.15) is 6.07 Å². The first-order chi connectivity index (χ1) is 13.6. The molecule has 0 aromatic heterocycles. The molecule has 0 aliphatic heterocycles. The molecule has 144 valence electrons. The van der Waals surface area contributed by atoms with E-state index in [1.807, 2.05) is 12.1 Å². The van der Waals surface area contributed by atoms with Crippen molar-refractivity contribution in [1.29, 1.82) is 5.26 Å². The molecule has 0 spiro atoms. The van der Waals surface area contributed by atoms with Crippen LogP contribution in [0.5, 0.6) is 11.5 Å². The zero-order valence-corrected chi connectivity index (χ0v) is 15.7. The van der Waals surface area contributed by atoms with E-state index in [1.165, 1.54) is 13.2 Å². The molecule has 0 aliphatic rings. The molecule has 7 heteroatoms. The third kappa shape index (κ3) is 5.88. The number of carbonyl (C=O) groups is 2. The van der Waals surface area contributed by atoms with E-state index in [2.05, 4.69) is 10.6 Å². The maximum absolute atomic E-state index is 12.1. The maximum atomic E-state index is 12.1. The minimum absolute atomic E-state index is 0.0743. The van der Waals surface area contributed by atoms with Gasteiger partial charge in [-0.05, 0) is 41.5 Å². The number of benzene rings is 2. The van der Waals surface area contributed by atoms with Crippen LogP contribution in [-0.4, -0.2) is 32.6 Å². The molecular weight excluding hydrogens is 358 g/mol. The molecule has 7 nitrogen and oxygen atoms in total. The van der Waals surface area contributed by atoms with Gasteiger partial charge in [0.25, 0.3) is 5.91 Å². The second kappa shape index (κ2) is 10.4. The molecule has 2 amide bonds. The van der Waals surface area contributed by atoms with Gasteiger partial charge >= 0.3 is 0 Å². The molecule has 2 aromatic carbocycles. The third-order valence-electron chi connectivity index (χ3n) is 3.79. The van der Waals surface area contributed by atoms with Crippen molar-refractivity contribution in [3.8, 4) is 17.6 Å². The number of hydrogen-bond acceptors (Lipinski definition) is 5. The number of ether oxygens (including phenoxy) is 2. The fraction of sp³-hybridized carbons (Fsp3) is 0.190. The van der Waals surface area contributed by atoms with Gasteiger partial charge in [0.05, 0.1) is 7.11 Å². The molecular formula is C21H21N3O4. The summed E-state index contributed by atoms with van der Waals surface area (Å²) in [5.74, 6) is 0.490. The van der Waals surface area contributed by atoms with Crippen LogP contribution >= 0.6 is 0 Å². The van der Waals surface area contributed by atoms with E-state index in [4.69, 9.17) is 14.7 Å². The number of rotatable bonds is 8. The highest BCUT2D eigenvalue weighted by Crippen LogP contribution is 2.28. The molecule has 0 bridgehead atoms.